The van der Waals surface area contributed by atoms with Crippen LogP contribution in [-0.4, -0.2) is 44.6 Å². The summed E-state index contributed by atoms with van der Waals surface area (Å²) in [6, 6.07) is 14.3. The zero-order valence-electron chi connectivity index (χ0n) is 15.9. The van der Waals surface area contributed by atoms with Gasteiger partial charge in [-0.25, -0.2) is 4.79 Å². The number of carbonyl (C=O) groups is 2. The van der Waals surface area contributed by atoms with Gasteiger partial charge < -0.3 is 26.0 Å². The first-order chi connectivity index (χ1) is 12.9. The van der Waals surface area contributed by atoms with Crippen LogP contribution in [0.15, 0.2) is 48.5 Å². The van der Waals surface area contributed by atoms with Crippen LogP contribution in [-0.2, 0) is 6.54 Å². The number of benzene rings is 2. The van der Waals surface area contributed by atoms with E-state index in [1.54, 1.807) is 31.4 Å². The lowest BCUT2D eigenvalue weighted by Gasteiger charge is -2.25. The molecule has 7 nitrogen and oxygen atoms in total. The molecule has 7 heteroatoms. The molecule has 3 amide bonds. The highest BCUT2D eigenvalue weighted by Crippen LogP contribution is 2.20. The number of carbonyl (C=O) groups excluding carboxylic acids is 2. The second kappa shape index (κ2) is 9.59. The van der Waals surface area contributed by atoms with Gasteiger partial charge in [0.15, 0.2) is 0 Å². The number of hydrogen-bond acceptors (Lipinski definition) is 4. The van der Waals surface area contributed by atoms with Crippen LogP contribution in [0, 0.1) is 0 Å². The molecule has 0 aliphatic carbocycles. The maximum absolute atomic E-state index is 12.4. The van der Waals surface area contributed by atoms with Crippen molar-refractivity contribution in [3.05, 3.63) is 65.2 Å². The Morgan fingerprint density at radius 2 is 1.67 bits per heavy atom. The summed E-state index contributed by atoms with van der Waals surface area (Å²) in [5.41, 5.74) is 7.57. The highest BCUT2D eigenvalue weighted by Gasteiger charge is 2.16. The molecular weight excluding hydrogens is 344 g/mol. The Morgan fingerprint density at radius 3 is 2.19 bits per heavy atom. The van der Waals surface area contributed by atoms with E-state index in [0.717, 1.165) is 16.9 Å². The van der Waals surface area contributed by atoms with Crippen LogP contribution in [0.3, 0.4) is 0 Å². The van der Waals surface area contributed by atoms with Gasteiger partial charge in [-0.2, -0.15) is 0 Å². The van der Waals surface area contributed by atoms with Crippen molar-refractivity contribution in [2.75, 3.05) is 27.7 Å². The molecule has 2 rings (SSSR count). The van der Waals surface area contributed by atoms with Gasteiger partial charge in [0.1, 0.15) is 5.75 Å². The minimum Gasteiger partial charge on any atom is -0.497 e. The van der Waals surface area contributed by atoms with Crippen LogP contribution in [0.1, 0.15) is 27.5 Å². The van der Waals surface area contributed by atoms with E-state index in [-0.39, 0.29) is 11.9 Å². The van der Waals surface area contributed by atoms with Gasteiger partial charge in [0.05, 0.1) is 13.2 Å². The maximum Gasteiger partial charge on any atom is 0.312 e. The summed E-state index contributed by atoms with van der Waals surface area (Å²) < 4.78 is 5.19. The third-order valence-corrected chi connectivity index (χ3v) is 4.26. The number of nitrogens with zero attached hydrogens (tertiary/aromatic N) is 1. The lowest BCUT2D eigenvalue weighted by Crippen LogP contribution is -2.34. The number of nitrogens with one attached hydrogen (secondary N) is 2. The molecule has 0 radical (unpaired) electrons. The predicted molar refractivity (Wildman–Crippen MR) is 105 cm³/mol. The van der Waals surface area contributed by atoms with Gasteiger partial charge >= 0.3 is 6.03 Å². The van der Waals surface area contributed by atoms with Crippen molar-refractivity contribution < 1.29 is 14.3 Å². The topological polar surface area (TPSA) is 96.7 Å². The Labute approximate surface area is 159 Å². The van der Waals surface area contributed by atoms with Crippen LogP contribution in [0.4, 0.5) is 4.79 Å². The zero-order valence-corrected chi connectivity index (χ0v) is 15.9. The van der Waals surface area contributed by atoms with E-state index in [1.165, 1.54) is 0 Å². The molecule has 27 heavy (non-hydrogen) atoms. The first-order valence-electron chi connectivity index (χ1n) is 8.61. The van der Waals surface area contributed by atoms with Crippen LogP contribution in [0.5, 0.6) is 5.75 Å². The number of amides is 3. The van der Waals surface area contributed by atoms with E-state index in [9.17, 15) is 9.59 Å². The van der Waals surface area contributed by atoms with Crippen molar-refractivity contribution in [3.8, 4) is 5.75 Å². The van der Waals surface area contributed by atoms with Crippen molar-refractivity contribution in [2.24, 2.45) is 5.73 Å². The highest BCUT2D eigenvalue weighted by molar-refractivity contribution is 5.94. The van der Waals surface area contributed by atoms with Gasteiger partial charge in [-0.05, 0) is 49.5 Å². The molecular formula is C20H26N4O3. The second-order valence-electron chi connectivity index (χ2n) is 6.38. The first kappa shape index (κ1) is 20.3. The van der Waals surface area contributed by atoms with Crippen LogP contribution < -0.4 is 21.1 Å². The van der Waals surface area contributed by atoms with E-state index < -0.39 is 6.03 Å². The van der Waals surface area contributed by atoms with Crippen LogP contribution in [0.25, 0.3) is 0 Å². The Bertz CT molecular complexity index is 758. The summed E-state index contributed by atoms with van der Waals surface area (Å²) in [5.74, 6) is 0.649. The third-order valence-electron chi connectivity index (χ3n) is 4.26. The number of hydrogen-bond donors (Lipinski definition) is 3. The Hall–Kier alpha value is -3.06. The van der Waals surface area contributed by atoms with E-state index in [1.807, 2.05) is 38.4 Å². The minimum absolute atomic E-state index is 0.0406. The average molecular weight is 370 g/mol. The van der Waals surface area contributed by atoms with Gasteiger partial charge in [-0.1, -0.05) is 24.3 Å². The number of urea groups is 1. The standard InChI is InChI=1S/C20H26N4O3/c1-24(2)18(15-8-10-17(27-3)11-9-15)13-22-19(25)16-6-4-14(5-7-16)12-23-20(21)26/h4-11,18H,12-13H2,1-3H3,(H,22,25)(H3,21,23,26). The van der Waals surface area contributed by atoms with Crippen molar-refractivity contribution in [2.45, 2.75) is 12.6 Å². The van der Waals surface area contributed by atoms with Gasteiger partial charge in [0.2, 0.25) is 0 Å². The quantitative estimate of drug-likeness (QED) is 0.661. The lowest BCUT2D eigenvalue weighted by molar-refractivity contribution is 0.0942. The molecule has 4 N–H and O–H groups in total. The van der Waals surface area contributed by atoms with E-state index >= 15 is 0 Å². The minimum atomic E-state index is -0.579. The largest absolute Gasteiger partial charge is 0.497 e. The number of ether oxygens (including phenoxy) is 1. The van der Waals surface area contributed by atoms with Crippen molar-refractivity contribution in [1.82, 2.24) is 15.5 Å². The number of primary amides is 1. The molecule has 0 aliphatic heterocycles. The second-order valence-corrected chi connectivity index (χ2v) is 6.38. The Kier molecular flexibility index (Phi) is 7.19. The predicted octanol–water partition coefficient (Wildman–Crippen LogP) is 1.90. The molecule has 1 atom stereocenters. The summed E-state index contributed by atoms with van der Waals surface area (Å²) >= 11 is 0. The highest BCUT2D eigenvalue weighted by atomic mass is 16.5. The van der Waals surface area contributed by atoms with Gasteiger partial charge in [-0.3, -0.25) is 4.79 Å². The molecule has 144 valence electrons. The molecule has 0 aliphatic rings. The smallest absolute Gasteiger partial charge is 0.312 e. The molecule has 0 spiro atoms. The Morgan fingerprint density at radius 1 is 1.04 bits per heavy atom. The summed E-state index contributed by atoms with van der Waals surface area (Å²) in [6.07, 6.45) is 0. The molecule has 2 aromatic rings. The Balaban J connectivity index is 1.97. The van der Waals surface area contributed by atoms with Crippen molar-refractivity contribution in [3.63, 3.8) is 0 Å². The SMILES string of the molecule is COc1ccc(C(CNC(=O)c2ccc(CNC(N)=O)cc2)N(C)C)cc1. The zero-order chi connectivity index (χ0) is 19.8. The van der Waals surface area contributed by atoms with E-state index in [4.69, 9.17) is 10.5 Å². The van der Waals surface area contributed by atoms with E-state index in [2.05, 4.69) is 15.5 Å². The number of methoxy groups -OCH3 is 1. The third kappa shape index (κ3) is 6.00. The summed E-state index contributed by atoms with van der Waals surface area (Å²) in [5, 5.41) is 5.49. The van der Waals surface area contributed by atoms with Crippen molar-refractivity contribution in [1.29, 1.82) is 0 Å². The first-order valence-corrected chi connectivity index (χ1v) is 8.61. The molecule has 0 bridgehead atoms. The summed E-state index contributed by atoms with van der Waals surface area (Å²) in [4.78, 5) is 25.2. The fourth-order valence-corrected chi connectivity index (χ4v) is 2.68. The number of likely N-dealkylation sites (N-methyl/N-ethyl adjacent to an activating group) is 1. The summed E-state index contributed by atoms with van der Waals surface area (Å²) in [7, 11) is 5.58. The maximum atomic E-state index is 12.4. The van der Waals surface area contributed by atoms with Gasteiger partial charge in [0.25, 0.3) is 5.91 Å². The lowest BCUT2D eigenvalue weighted by atomic mass is 10.1. The average Bonchev–Trinajstić information content (AvgIpc) is 2.67. The molecule has 0 saturated carbocycles. The molecule has 0 aromatic heterocycles. The van der Waals surface area contributed by atoms with Crippen LogP contribution in [0.2, 0.25) is 0 Å². The molecule has 1 unspecified atom stereocenters. The number of rotatable bonds is 8. The molecule has 2 aromatic carbocycles. The fraction of sp³-hybridized carbons (Fsp3) is 0.300. The van der Waals surface area contributed by atoms with Crippen molar-refractivity contribution >= 4 is 11.9 Å². The van der Waals surface area contributed by atoms with Gasteiger partial charge in [0, 0.05) is 18.7 Å². The monoisotopic (exact) mass is 370 g/mol. The normalized spacial score (nSPS) is 11.7. The van der Waals surface area contributed by atoms with E-state index in [0.29, 0.717) is 18.7 Å². The molecule has 0 saturated heterocycles. The molecule has 0 fully saturated rings. The number of nitrogens with two attached hydrogens (primary N) is 1. The fourth-order valence-electron chi connectivity index (χ4n) is 2.68. The van der Waals surface area contributed by atoms with Crippen LogP contribution >= 0.6 is 0 Å². The summed E-state index contributed by atoms with van der Waals surface area (Å²) in [6.45, 7) is 0.806. The van der Waals surface area contributed by atoms with Gasteiger partial charge in [-0.15, -0.1) is 0 Å². The molecule has 0 heterocycles.